The van der Waals surface area contributed by atoms with Gasteiger partial charge in [-0.2, -0.15) is 0 Å². The summed E-state index contributed by atoms with van der Waals surface area (Å²) in [7, 11) is 0. The highest BCUT2D eigenvalue weighted by molar-refractivity contribution is 5.91. The maximum Gasteiger partial charge on any atom is 0.265 e. The molecule has 1 heterocycles. The van der Waals surface area contributed by atoms with E-state index < -0.39 is 0 Å². The van der Waals surface area contributed by atoms with Crippen molar-refractivity contribution >= 4 is 5.91 Å². The zero-order valence-corrected chi connectivity index (χ0v) is 11.0. The Balaban J connectivity index is 2.40. The Hall–Kier alpha value is -2.03. The molecule has 0 bridgehead atoms. The van der Waals surface area contributed by atoms with Crippen LogP contribution in [0.1, 0.15) is 32.7 Å². The number of nitrogens with two attached hydrogens (primary N) is 1. The average molecular weight is 242 g/mol. The van der Waals surface area contributed by atoms with Gasteiger partial charge < -0.3 is 10.3 Å². The van der Waals surface area contributed by atoms with Crippen molar-refractivity contribution in [3.63, 3.8) is 0 Å². The molecule has 2 rings (SSSR count). The number of carbonyl (C=O) groups is 1. The molecule has 0 aliphatic rings. The van der Waals surface area contributed by atoms with Gasteiger partial charge in [0.25, 0.3) is 5.91 Å². The molecular formula is C15H18N2O. The molecule has 2 N–H and O–H groups in total. The molecule has 3 heteroatoms. The van der Waals surface area contributed by atoms with Gasteiger partial charge in [-0.05, 0) is 49.6 Å². The predicted octanol–water partition coefficient (Wildman–Crippen LogP) is 2.56. The van der Waals surface area contributed by atoms with Crippen molar-refractivity contribution in [2.75, 3.05) is 0 Å². The van der Waals surface area contributed by atoms with Crippen molar-refractivity contribution in [3.05, 3.63) is 58.4 Å². The van der Waals surface area contributed by atoms with Gasteiger partial charge in [-0.15, -0.1) is 0 Å². The highest BCUT2D eigenvalue weighted by Crippen LogP contribution is 2.18. The topological polar surface area (TPSA) is 48.0 Å². The van der Waals surface area contributed by atoms with Gasteiger partial charge in [0.05, 0.1) is 0 Å². The van der Waals surface area contributed by atoms with Crippen LogP contribution in [0.2, 0.25) is 0 Å². The van der Waals surface area contributed by atoms with Crippen LogP contribution in [0, 0.1) is 20.8 Å². The van der Waals surface area contributed by atoms with Gasteiger partial charge in [0.1, 0.15) is 5.69 Å². The molecule has 0 radical (unpaired) electrons. The number of aryl methyl sites for hydroxylation is 3. The van der Waals surface area contributed by atoms with E-state index in [2.05, 4.69) is 32.9 Å². The van der Waals surface area contributed by atoms with Crippen molar-refractivity contribution < 1.29 is 4.79 Å². The van der Waals surface area contributed by atoms with Gasteiger partial charge in [-0.1, -0.05) is 17.7 Å². The third-order valence-electron chi connectivity index (χ3n) is 3.25. The summed E-state index contributed by atoms with van der Waals surface area (Å²) in [5, 5.41) is 0. The molecule has 1 aromatic heterocycles. The van der Waals surface area contributed by atoms with E-state index in [9.17, 15) is 4.79 Å². The Morgan fingerprint density at radius 3 is 2.39 bits per heavy atom. The second kappa shape index (κ2) is 4.69. The number of hydrogen-bond donors (Lipinski definition) is 1. The minimum Gasteiger partial charge on any atom is -0.364 e. The van der Waals surface area contributed by atoms with Gasteiger partial charge >= 0.3 is 0 Å². The number of aromatic nitrogens is 1. The molecule has 0 spiro atoms. The third kappa shape index (κ3) is 2.30. The summed E-state index contributed by atoms with van der Waals surface area (Å²) in [6.45, 7) is 6.98. The zero-order valence-electron chi connectivity index (χ0n) is 11.0. The van der Waals surface area contributed by atoms with E-state index in [0.29, 0.717) is 12.2 Å². The Labute approximate surface area is 107 Å². The van der Waals surface area contributed by atoms with E-state index in [-0.39, 0.29) is 5.91 Å². The maximum atomic E-state index is 11.3. The summed E-state index contributed by atoms with van der Waals surface area (Å²) in [6, 6.07) is 7.92. The van der Waals surface area contributed by atoms with Crippen LogP contribution in [0.5, 0.6) is 0 Å². The van der Waals surface area contributed by atoms with Gasteiger partial charge in [0.2, 0.25) is 0 Å². The van der Waals surface area contributed by atoms with Gasteiger partial charge in [0.15, 0.2) is 0 Å². The number of hydrogen-bond acceptors (Lipinski definition) is 1. The monoisotopic (exact) mass is 242 g/mol. The summed E-state index contributed by atoms with van der Waals surface area (Å²) in [4.78, 5) is 11.3. The standard InChI is InChI=1S/C15H18N2O/c1-10-7-11(2)13(12(3)8-10)9-17-6-4-5-14(17)15(16)18/h4-8H,9H2,1-3H3,(H2,16,18). The second-order valence-electron chi connectivity index (χ2n) is 4.76. The zero-order chi connectivity index (χ0) is 13.3. The lowest BCUT2D eigenvalue weighted by Gasteiger charge is -2.13. The smallest absolute Gasteiger partial charge is 0.265 e. The fourth-order valence-electron chi connectivity index (χ4n) is 2.41. The van der Waals surface area contributed by atoms with Gasteiger partial charge in [-0.3, -0.25) is 4.79 Å². The molecule has 0 aliphatic carbocycles. The fourth-order valence-corrected chi connectivity index (χ4v) is 2.41. The molecule has 0 atom stereocenters. The lowest BCUT2D eigenvalue weighted by atomic mass is 10.00. The second-order valence-corrected chi connectivity index (χ2v) is 4.76. The van der Waals surface area contributed by atoms with E-state index in [1.165, 1.54) is 22.3 Å². The highest BCUT2D eigenvalue weighted by atomic mass is 16.1. The number of primary amides is 1. The van der Waals surface area contributed by atoms with Crippen LogP contribution in [0.25, 0.3) is 0 Å². The van der Waals surface area contributed by atoms with Gasteiger partial charge in [-0.25, -0.2) is 0 Å². The van der Waals surface area contributed by atoms with E-state index >= 15 is 0 Å². The van der Waals surface area contributed by atoms with Crippen LogP contribution in [-0.2, 0) is 6.54 Å². The van der Waals surface area contributed by atoms with Crippen molar-refractivity contribution in [2.45, 2.75) is 27.3 Å². The molecular weight excluding hydrogens is 224 g/mol. The number of nitrogens with zero attached hydrogens (tertiary/aromatic N) is 1. The normalized spacial score (nSPS) is 10.6. The van der Waals surface area contributed by atoms with E-state index in [1.54, 1.807) is 6.07 Å². The Bertz CT molecular complexity index is 573. The maximum absolute atomic E-state index is 11.3. The summed E-state index contributed by atoms with van der Waals surface area (Å²) < 4.78 is 1.90. The van der Waals surface area contributed by atoms with Crippen LogP contribution in [0.3, 0.4) is 0 Å². The SMILES string of the molecule is Cc1cc(C)c(Cn2cccc2C(N)=O)c(C)c1. The van der Waals surface area contributed by atoms with Crippen LogP contribution in [-0.4, -0.2) is 10.5 Å². The number of carbonyl (C=O) groups excluding carboxylic acids is 1. The number of amides is 1. The largest absolute Gasteiger partial charge is 0.364 e. The van der Waals surface area contributed by atoms with Crippen LogP contribution < -0.4 is 5.73 Å². The van der Waals surface area contributed by atoms with Crippen LogP contribution in [0.15, 0.2) is 30.5 Å². The highest BCUT2D eigenvalue weighted by Gasteiger charge is 2.10. The summed E-state index contributed by atoms with van der Waals surface area (Å²) >= 11 is 0. The molecule has 0 saturated heterocycles. The van der Waals surface area contributed by atoms with Crippen LogP contribution >= 0.6 is 0 Å². The van der Waals surface area contributed by atoms with Crippen molar-refractivity contribution in [1.82, 2.24) is 4.57 Å². The molecule has 0 aliphatic heterocycles. The van der Waals surface area contributed by atoms with Gasteiger partial charge in [0, 0.05) is 12.7 Å². The summed E-state index contributed by atoms with van der Waals surface area (Å²) in [5.41, 5.74) is 10.9. The molecule has 94 valence electrons. The number of rotatable bonds is 3. The Kier molecular flexibility index (Phi) is 3.24. The lowest BCUT2D eigenvalue weighted by molar-refractivity contribution is 0.0992. The molecule has 0 saturated carbocycles. The van der Waals surface area contributed by atoms with Crippen molar-refractivity contribution in [1.29, 1.82) is 0 Å². The predicted molar refractivity (Wildman–Crippen MR) is 72.7 cm³/mol. The van der Waals surface area contributed by atoms with E-state index in [1.807, 2.05) is 16.8 Å². The molecule has 0 fully saturated rings. The average Bonchev–Trinajstić information content (AvgIpc) is 2.71. The molecule has 3 nitrogen and oxygen atoms in total. The fraction of sp³-hybridized carbons (Fsp3) is 0.267. The molecule has 2 aromatic rings. The molecule has 1 aromatic carbocycles. The minimum atomic E-state index is -0.387. The first-order valence-electron chi connectivity index (χ1n) is 6.00. The number of benzene rings is 1. The third-order valence-corrected chi connectivity index (χ3v) is 3.25. The van der Waals surface area contributed by atoms with Crippen LogP contribution in [0.4, 0.5) is 0 Å². The molecule has 0 unspecified atom stereocenters. The quantitative estimate of drug-likeness (QED) is 0.883. The minimum absolute atomic E-state index is 0.387. The van der Waals surface area contributed by atoms with Crippen molar-refractivity contribution in [2.24, 2.45) is 5.73 Å². The lowest BCUT2D eigenvalue weighted by Crippen LogP contribution is -2.17. The first-order valence-corrected chi connectivity index (χ1v) is 6.00. The van der Waals surface area contributed by atoms with E-state index in [4.69, 9.17) is 5.73 Å². The van der Waals surface area contributed by atoms with E-state index in [0.717, 1.165) is 0 Å². The molecule has 18 heavy (non-hydrogen) atoms. The summed E-state index contributed by atoms with van der Waals surface area (Å²) in [6.07, 6.45) is 1.89. The Morgan fingerprint density at radius 2 is 1.83 bits per heavy atom. The first-order chi connectivity index (χ1) is 8.49. The van der Waals surface area contributed by atoms with Crippen molar-refractivity contribution in [3.8, 4) is 0 Å². The first kappa shape index (κ1) is 12.4. The Morgan fingerprint density at radius 1 is 1.22 bits per heavy atom. The summed E-state index contributed by atoms with van der Waals surface area (Å²) in [5.74, 6) is -0.387. The molecule has 1 amide bonds.